The largest absolute Gasteiger partial charge is 0.452 e. The molecule has 3 N–H and O–H groups in total. The Bertz CT molecular complexity index is 853. The molecular weight excluding hydrogens is 263 g/mol. The Labute approximate surface area is 112 Å². The van der Waals surface area contributed by atoms with Gasteiger partial charge in [-0.15, -0.1) is 0 Å². The molecular formula is C13H11FN4O2. The Morgan fingerprint density at radius 1 is 1.35 bits per heavy atom. The molecule has 0 aliphatic rings. The van der Waals surface area contributed by atoms with Gasteiger partial charge in [0.15, 0.2) is 23.0 Å². The van der Waals surface area contributed by atoms with E-state index in [-0.39, 0.29) is 11.4 Å². The highest BCUT2D eigenvalue weighted by atomic mass is 19.1. The van der Waals surface area contributed by atoms with Crippen LogP contribution in [0.1, 0.15) is 0 Å². The lowest BCUT2D eigenvalue weighted by Crippen LogP contribution is -2.12. The molecule has 20 heavy (non-hydrogen) atoms. The third-order valence-corrected chi connectivity index (χ3v) is 2.93. The molecule has 0 amide bonds. The highest BCUT2D eigenvalue weighted by Gasteiger charge is 2.13. The summed E-state index contributed by atoms with van der Waals surface area (Å²) in [6, 6.07) is 5.70. The highest BCUT2D eigenvalue weighted by molar-refractivity contribution is 5.78. The number of aromatic nitrogens is 3. The van der Waals surface area contributed by atoms with Gasteiger partial charge in [0.1, 0.15) is 5.52 Å². The number of aromatic amines is 1. The number of aryl methyl sites for hydroxylation is 1. The van der Waals surface area contributed by atoms with Crippen molar-refractivity contribution in [3.05, 3.63) is 46.8 Å². The normalized spacial score (nSPS) is 10.9. The van der Waals surface area contributed by atoms with Gasteiger partial charge in [0, 0.05) is 31.1 Å². The molecule has 3 rings (SSSR count). The number of nitrogens with one attached hydrogen (secondary N) is 1. The van der Waals surface area contributed by atoms with E-state index in [1.54, 1.807) is 13.1 Å². The first-order valence-electron chi connectivity index (χ1n) is 5.83. The quantitative estimate of drug-likeness (QED) is 0.697. The molecule has 3 aromatic rings. The van der Waals surface area contributed by atoms with Crippen LogP contribution in [0, 0.1) is 5.82 Å². The van der Waals surface area contributed by atoms with Crippen molar-refractivity contribution in [2.45, 2.75) is 0 Å². The Hall–Kier alpha value is -2.83. The van der Waals surface area contributed by atoms with Gasteiger partial charge in [-0.1, -0.05) is 0 Å². The monoisotopic (exact) mass is 274 g/mol. The summed E-state index contributed by atoms with van der Waals surface area (Å²) in [5.41, 5.74) is 6.32. The topological polar surface area (TPSA) is 85.9 Å². The summed E-state index contributed by atoms with van der Waals surface area (Å²) < 4.78 is 20.6. The number of benzene rings is 1. The molecule has 2 heterocycles. The Morgan fingerprint density at radius 2 is 2.15 bits per heavy atom. The van der Waals surface area contributed by atoms with Gasteiger partial charge in [-0.25, -0.2) is 14.2 Å². The first kappa shape index (κ1) is 12.2. The van der Waals surface area contributed by atoms with Gasteiger partial charge < -0.3 is 10.5 Å². The van der Waals surface area contributed by atoms with E-state index in [0.29, 0.717) is 22.6 Å². The Kier molecular flexibility index (Phi) is 2.67. The zero-order valence-electron chi connectivity index (χ0n) is 10.6. The molecule has 6 nitrogen and oxygen atoms in total. The van der Waals surface area contributed by atoms with Crippen LogP contribution in [0.25, 0.3) is 11.2 Å². The van der Waals surface area contributed by atoms with E-state index >= 15 is 0 Å². The minimum Gasteiger partial charge on any atom is -0.452 e. The number of nitrogens with two attached hydrogens (primary N) is 1. The second-order valence-electron chi connectivity index (χ2n) is 4.29. The molecule has 0 saturated carbocycles. The van der Waals surface area contributed by atoms with E-state index in [4.69, 9.17) is 10.5 Å². The van der Waals surface area contributed by atoms with Crippen LogP contribution in [-0.4, -0.2) is 14.5 Å². The second kappa shape index (κ2) is 4.37. The molecule has 7 heteroatoms. The van der Waals surface area contributed by atoms with E-state index in [1.807, 2.05) is 0 Å². The van der Waals surface area contributed by atoms with Crippen molar-refractivity contribution in [1.29, 1.82) is 0 Å². The maximum Gasteiger partial charge on any atom is 0.327 e. The van der Waals surface area contributed by atoms with Gasteiger partial charge in [-0.3, -0.25) is 9.55 Å². The highest BCUT2D eigenvalue weighted by Crippen LogP contribution is 2.29. The van der Waals surface area contributed by atoms with E-state index < -0.39 is 5.82 Å². The second-order valence-corrected chi connectivity index (χ2v) is 4.29. The summed E-state index contributed by atoms with van der Waals surface area (Å²) in [7, 11) is 1.58. The zero-order valence-corrected chi connectivity index (χ0v) is 10.6. The maximum absolute atomic E-state index is 13.7. The number of hydrogen-bond acceptors (Lipinski definition) is 4. The molecule has 0 bridgehead atoms. The lowest BCUT2D eigenvalue weighted by atomic mass is 10.3. The number of rotatable bonds is 2. The van der Waals surface area contributed by atoms with E-state index in [1.165, 1.54) is 29.0 Å². The van der Waals surface area contributed by atoms with E-state index in [0.717, 1.165) is 0 Å². The molecule has 0 atom stereocenters. The number of ether oxygens (including phenoxy) is 1. The summed E-state index contributed by atoms with van der Waals surface area (Å²) in [5.74, 6) is -0.213. The number of hydrogen-bond donors (Lipinski definition) is 2. The molecule has 0 unspecified atom stereocenters. The van der Waals surface area contributed by atoms with Crippen molar-refractivity contribution in [2.24, 2.45) is 7.05 Å². The molecule has 2 aromatic heterocycles. The standard InChI is InChI=1S/C13H11FN4O2/c1-18-11-10(4-5-16-12(11)17-13(18)19)20-9-3-2-7(15)6-8(9)14/h2-6H,15H2,1H3,(H,16,17,19). The van der Waals surface area contributed by atoms with Crippen LogP contribution in [0.15, 0.2) is 35.3 Å². The number of halogens is 1. The van der Waals surface area contributed by atoms with E-state index in [9.17, 15) is 9.18 Å². The minimum absolute atomic E-state index is 0.0281. The van der Waals surface area contributed by atoms with Crippen LogP contribution in [0.5, 0.6) is 11.5 Å². The third-order valence-electron chi connectivity index (χ3n) is 2.93. The summed E-state index contributed by atoms with van der Waals surface area (Å²) in [6.45, 7) is 0. The average Bonchev–Trinajstić information content (AvgIpc) is 2.69. The zero-order chi connectivity index (χ0) is 14.3. The first-order valence-corrected chi connectivity index (χ1v) is 5.83. The van der Waals surface area contributed by atoms with Gasteiger partial charge >= 0.3 is 5.69 Å². The van der Waals surface area contributed by atoms with Gasteiger partial charge in [0.2, 0.25) is 0 Å². The fourth-order valence-corrected chi connectivity index (χ4v) is 1.94. The van der Waals surface area contributed by atoms with Crippen molar-refractivity contribution in [2.75, 3.05) is 5.73 Å². The number of nitrogen functional groups attached to an aromatic ring is 1. The number of anilines is 1. The van der Waals surface area contributed by atoms with Gasteiger partial charge in [-0.05, 0) is 12.1 Å². The van der Waals surface area contributed by atoms with Gasteiger partial charge in [0.05, 0.1) is 0 Å². The Morgan fingerprint density at radius 3 is 2.90 bits per heavy atom. The SMILES string of the molecule is Cn1c(=O)[nH]c2nccc(Oc3ccc(N)cc3F)c21. The molecule has 1 aromatic carbocycles. The summed E-state index contributed by atoms with van der Waals surface area (Å²) in [5, 5.41) is 0. The van der Waals surface area contributed by atoms with Crippen molar-refractivity contribution in [3.8, 4) is 11.5 Å². The molecule has 0 radical (unpaired) electrons. The molecule has 0 saturated heterocycles. The van der Waals surface area contributed by atoms with Crippen LogP contribution in [0.3, 0.4) is 0 Å². The Balaban J connectivity index is 2.13. The van der Waals surface area contributed by atoms with Crippen LogP contribution in [0.2, 0.25) is 0 Å². The molecule has 0 fully saturated rings. The number of imidazole rings is 1. The first-order chi connectivity index (χ1) is 9.56. The van der Waals surface area contributed by atoms with Gasteiger partial charge in [-0.2, -0.15) is 0 Å². The number of H-pyrrole nitrogens is 1. The predicted octanol–water partition coefficient (Wildman–Crippen LogP) is 1.78. The van der Waals surface area contributed by atoms with Crippen LogP contribution in [0.4, 0.5) is 10.1 Å². The lowest BCUT2D eigenvalue weighted by molar-refractivity contribution is 0.444. The summed E-state index contributed by atoms with van der Waals surface area (Å²) in [6.07, 6.45) is 1.48. The lowest BCUT2D eigenvalue weighted by Gasteiger charge is -2.08. The van der Waals surface area contributed by atoms with Gasteiger partial charge in [0.25, 0.3) is 0 Å². The molecule has 0 spiro atoms. The maximum atomic E-state index is 13.7. The van der Waals surface area contributed by atoms with Crippen molar-refractivity contribution >= 4 is 16.9 Å². The van der Waals surface area contributed by atoms with Crippen LogP contribution < -0.4 is 16.2 Å². The van der Waals surface area contributed by atoms with E-state index in [2.05, 4.69) is 9.97 Å². The molecule has 102 valence electrons. The minimum atomic E-state index is -0.574. The number of pyridine rings is 1. The van der Waals surface area contributed by atoms with Crippen molar-refractivity contribution in [3.63, 3.8) is 0 Å². The fraction of sp³-hybridized carbons (Fsp3) is 0.0769. The van der Waals surface area contributed by atoms with Crippen LogP contribution in [-0.2, 0) is 7.05 Å². The number of nitrogens with zero attached hydrogens (tertiary/aromatic N) is 2. The third kappa shape index (κ3) is 1.89. The fourth-order valence-electron chi connectivity index (χ4n) is 1.94. The van der Waals surface area contributed by atoms with Crippen molar-refractivity contribution in [1.82, 2.24) is 14.5 Å². The molecule has 0 aliphatic heterocycles. The predicted molar refractivity (Wildman–Crippen MR) is 72.2 cm³/mol. The summed E-state index contributed by atoms with van der Waals surface area (Å²) >= 11 is 0. The number of fused-ring (bicyclic) bond motifs is 1. The van der Waals surface area contributed by atoms with Crippen molar-refractivity contribution < 1.29 is 9.13 Å². The van der Waals surface area contributed by atoms with Crippen LogP contribution >= 0.6 is 0 Å². The summed E-state index contributed by atoms with van der Waals surface area (Å²) in [4.78, 5) is 18.2. The smallest absolute Gasteiger partial charge is 0.327 e. The molecule has 0 aliphatic carbocycles. The average molecular weight is 274 g/mol.